The van der Waals surface area contributed by atoms with Crippen molar-refractivity contribution in [2.24, 2.45) is 0 Å². The van der Waals surface area contributed by atoms with Crippen LogP contribution in [0.1, 0.15) is 63.5 Å². The topological polar surface area (TPSA) is 57.2 Å². The van der Waals surface area contributed by atoms with Crippen molar-refractivity contribution in [2.45, 2.75) is 70.1 Å². The van der Waals surface area contributed by atoms with Gasteiger partial charge in [-0.15, -0.1) is 0 Å². The van der Waals surface area contributed by atoms with Gasteiger partial charge in [0, 0.05) is 0 Å². The second-order valence-electron chi connectivity index (χ2n) is 6.47. The molecule has 2 aromatic rings. The molecule has 2 aromatic carbocycles. The Hall–Kier alpha value is -0.390. The van der Waals surface area contributed by atoms with Gasteiger partial charge in [-0.25, -0.2) is 8.42 Å². The molecule has 0 aromatic heterocycles. The molecule has 0 unspecified atom stereocenters. The SMILES string of the molecule is CCCCCc1cc2c(CCCCC)cccc2cc1S(=O)(=O)[O-].[Na+]. The minimum Gasteiger partial charge on any atom is -0.744 e. The second-order valence-corrected chi connectivity index (χ2v) is 7.81. The Balaban J connectivity index is 0.00000312. The fourth-order valence-electron chi connectivity index (χ4n) is 3.19. The molecular weight excluding hydrogens is 343 g/mol. The number of hydrogen-bond donors (Lipinski definition) is 0. The van der Waals surface area contributed by atoms with Gasteiger partial charge in [0.2, 0.25) is 0 Å². The third-order valence-corrected chi connectivity index (χ3v) is 5.44. The first-order valence-electron chi connectivity index (χ1n) is 8.97. The maximum absolute atomic E-state index is 11.7. The molecule has 0 N–H and O–H groups in total. The van der Waals surface area contributed by atoms with Gasteiger partial charge in [0.05, 0.1) is 4.90 Å². The molecule has 25 heavy (non-hydrogen) atoms. The standard InChI is InChI=1S/C20H28O3S.Na/c1-3-5-7-10-16-12-9-13-17-15-20(24(21,22)23)18(14-19(16)17)11-8-6-4-2;/h9,12-15H,3-8,10-11H2,1-2H3,(H,21,22,23);/q;+1/p-1. The largest absolute Gasteiger partial charge is 1.00 e. The first-order valence-corrected chi connectivity index (χ1v) is 10.4. The molecule has 0 saturated carbocycles. The molecule has 0 atom stereocenters. The zero-order valence-electron chi connectivity index (χ0n) is 15.7. The number of hydrogen-bond acceptors (Lipinski definition) is 3. The average Bonchev–Trinajstić information content (AvgIpc) is 2.54. The Morgan fingerprint density at radius 1 is 0.880 bits per heavy atom. The van der Waals surface area contributed by atoms with Crippen LogP contribution >= 0.6 is 0 Å². The van der Waals surface area contributed by atoms with E-state index in [1.165, 1.54) is 18.4 Å². The Morgan fingerprint density at radius 3 is 2.04 bits per heavy atom. The Labute approximate surface area is 174 Å². The number of unbranched alkanes of at least 4 members (excludes halogenated alkanes) is 4. The van der Waals surface area contributed by atoms with Crippen LogP contribution in [0.2, 0.25) is 0 Å². The number of benzene rings is 2. The van der Waals surface area contributed by atoms with Crippen molar-refractivity contribution >= 4 is 20.9 Å². The van der Waals surface area contributed by atoms with Gasteiger partial charge in [0.15, 0.2) is 0 Å². The summed E-state index contributed by atoms with van der Waals surface area (Å²) in [7, 11) is -4.45. The van der Waals surface area contributed by atoms with Crippen molar-refractivity contribution in [3.8, 4) is 0 Å². The molecule has 0 aliphatic carbocycles. The van der Waals surface area contributed by atoms with Gasteiger partial charge in [0.25, 0.3) is 0 Å². The molecule has 0 fully saturated rings. The van der Waals surface area contributed by atoms with Gasteiger partial charge in [-0.2, -0.15) is 0 Å². The predicted molar refractivity (Wildman–Crippen MR) is 98.4 cm³/mol. The summed E-state index contributed by atoms with van der Waals surface area (Å²) in [6, 6.07) is 9.46. The Morgan fingerprint density at radius 2 is 1.48 bits per heavy atom. The minimum atomic E-state index is -4.45. The molecule has 0 saturated heterocycles. The molecule has 0 bridgehead atoms. The van der Waals surface area contributed by atoms with Crippen molar-refractivity contribution in [1.29, 1.82) is 0 Å². The van der Waals surface area contributed by atoms with E-state index >= 15 is 0 Å². The van der Waals surface area contributed by atoms with E-state index in [0.29, 0.717) is 12.0 Å². The van der Waals surface area contributed by atoms with E-state index < -0.39 is 10.1 Å². The van der Waals surface area contributed by atoms with Gasteiger partial charge < -0.3 is 4.55 Å². The fourth-order valence-corrected chi connectivity index (χ4v) is 3.94. The second kappa shape index (κ2) is 10.7. The summed E-state index contributed by atoms with van der Waals surface area (Å²) in [4.78, 5) is -0.0446. The first-order chi connectivity index (χ1) is 11.5. The maximum atomic E-state index is 11.7. The quantitative estimate of drug-likeness (QED) is 0.386. The van der Waals surface area contributed by atoms with E-state index in [1.54, 1.807) is 6.07 Å². The summed E-state index contributed by atoms with van der Waals surface area (Å²) in [6.45, 7) is 4.29. The molecule has 132 valence electrons. The van der Waals surface area contributed by atoms with Crippen LogP contribution in [0.3, 0.4) is 0 Å². The summed E-state index contributed by atoms with van der Waals surface area (Å²) >= 11 is 0. The molecule has 5 heteroatoms. The molecule has 0 radical (unpaired) electrons. The number of rotatable bonds is 9. The van der Waals surface area contributed by atoms with Crippen molar-refractivity contribution in [3.63, 3.8) is 0 Å². The van der Waals surface area contributed by atoms with E-state index in [2.05, 4.69) is 19.9 Å². The van der Waals surface area contributed by atoms with Crippen molar-refractivity contribution in [2.75, 3.05) is 0 Å². The number of aryl methyl sites for hydroxylation is 2. The third-order valence-electron chi connectivity index (χ3n) is 4.52. The Bertz CT molecular complexity index is 785. The molecule has 2 rings (SSSR count). The zero-order valence-corrected chi connectivity index (χ0v) is 18.5. The molecule has 3 nitrogen and oxygen atoms in total. The summed E-state index contributed by atoms with van der Waals surface area (Å²) < 4.78 is 35.0. The minimum absolute atomic E-state index is 0. The summed E-state index contributed by atoms with van der Waals surface area (Å²) in [5.41, 5.74) is 1.92. The molecule has 0 heterocycles. The van der Waals surface area contributed by atoms with Gasteiger partial charge in [-0.1, -0.05) is 57.7 Å². The van der Waals surface area contributed by atoms with Crippen LogP contribution < -0.4 is 29.6 Å². The summed E-state index contributed by atoms with van der Waals surface area (Å²) in [5.74, 6) is 0. The van der Waals surface area contributed by atoms with Crippen molar-refractivity contribution in [3.05, 3.63) is 41.5 Å². The van der Waals surface area contributed by atoms with Crippen LogP contribution in [0.5, 0.6) is 0 Å². The van der Waals surface area contributed by atoms with Crippen molar-refractivity contribution in [1.82, 2.24) is 0 Å². The monoisotopic (exact) mass is 370 g/mol. The van der Waals surface area contributed by atoms with Gasteiger partial charge in [-0.3, -0.25) is 0 Å². The maximum Gasteiger partial charge on any atom is 1.00 e. The average molecular weight is 370 g/mol. The van der Waals surface area contributed by atoms with E-state index in [9.17, 15) is 13.0 Å². The summed E-state index contributed by atoms with van der Waals surface area (Å²) in [5, 5.41) is 1.94. The number of fused-ring (bicyclic) bond motifs is 1. The van der Waals surface area contributed by atoms with Gasteiger partial charge in [0.1, 0.15) is 10.1 Å². The van der Waals surface area contributed by atoms with E-state index in [1.807, 2.05) is 18.2 Å². The van der Waals surface area contributed by atoms with E-state index in [-0.39, 0.29) is 34.5 Å². The van der Waals surface area contributed by atoms with Crippen LogP contribution in [0.15, 0.2) is 35.2 Å². The zero-order chi connectivity index (χ0) is 17.6. The van der Waals surface area contributed by atoms with Gasteiger partial charge in [-0.05, 0) is 59.7 Å². The molecule has 0 aliphatic heterocycles. The Kier molecular flexibility index (Phi) is 9.68. The van der Waals surface area contributed by atoms with Crippen LogP contribution in [-0.2, 0) is 23.0 Å². The van der Waals surface area contributed by atoms with E-state index in [4.69, 9.17) is 0 Å². The third kappa shape index (κ3) is 6.37. The van der Waals surface area contributed by atoms with Crippen LogP contribution in [0.25, 0.3) is 10.8 Å². The van der Waals surface area contributed by atoms with Crippen LogP contribution in [0.4, 0.5) is 0 Å². The normalized spacial score (nSPS) is 11.5. The predicted octanol–water partition coefficient (Wildman–Crippen LogP) is 2.21. The van der Waals surface area contributed by atoms with Crippen LogP contribution in [0, 0.1) is 0 Å². The smallest absolute Gasteiger partial charge is 0.744 e. The molecule has 0 aliphatic rings. The first kappa shape index (κ1) is 22.7. The summed E-state index contributed by atoms with van der Waals surface area (Å²) in [6.07, 6.45) is 8.13. The van der Waals surface area contributed by atoms with Crippen molar-refractivity contribution < 1.29 is 42.5 Å². The van der Waals surface area contributed by atoms with E-state index in [0.717, 1.165) is 42.9 Å². The van der Waals surface area contributed by atoms with Gasteiger partial charge >= 0.3 is 29.6 Å². The molecule has 0 amide bonds. The fraction of sp³-hybridized carbons (Fsp3) is 0.500. The molecular formula is C20H27NaO3S. The molecule has 0 spiro atoms. The van der Waals surface area contributed by atoms with Crippen LogP contribution in [-0.4, -0.2) is 13.0 Å².